The van der Waals surface area contributed by atoms with Gasteiger partial charge in [0.05, 0.1) is 0 Å². The van der Waals surface area contributed by atoms with Crippen LogP contribution < -0.4 is 5.32 Å². The molecule has 7 nitrogen and oxygen atoms in total. The number of rotatable bonds is 4. The number of imide groups is 1. The molecule has 3 atom stereocenters. The lowest BCUT2D eigenvalue weighted by Crippen LogP contribution is -2.46. The number of hydrogen-bond donors (Lipinski definition) is 1. The summed E-state index contributed by atoms with van der Waals surface area (Å²) < 4.78 is 32.1. The van der Waals surface area contributed by atoms with Gasteiger partial charge in [0.25, 0.3) is 0 Å². The molecule has 2 saturated heterocycles. The number of amides is 3. The molecule has 0 bridgehead atoms. The first-order chi connectivity index (χ1) is 16.5. The normalized spacial score (nSPS) is 26.0. The van der Waals surface area contributed by atoms with Crippen LogP contribution in [0.5, 0.6) is 0 Å². The fourth-order valence-corrected chi connectivity index (χ4v) is 5.45. The summed E-state index contributed by atoms with van der Waals surface area (Å²) in [7, 11) is 0. The third kappa shape index (κ3) is 4.61. The number of cyclic esters (lactones) is 1. The molecular formula is C25H28F2N4O3. The van der Waals surface area contributed by atoms with Gasteiger partial charge in [-0.25, -0.2) is 23.3 Å². The molecule has 0 spiro atoms. The van der Waals surface area contributed by atoms with Crippen LogP contribution in [0, 0.1) is 11.6 Å². The fraction of sp³-hybridized carbons (Fsp3) is 0.480. The van der Waals surface area contributed by atoms with Crippen LogP contribution in [0.4, 0.5) is 18.4 Å². The molecule has 9 heteroatoms. The van der Waals surface area contributed by atoms with Crippen molar-refractivity contribution in [2.24, 2.45) is 0 Å². The minimum atomic E-state index is -1.03. The molecule has 3 heterocycles. The highest BCUT2D eigenvalue weighted by molar-refractivity contribution is 5.92. The summed E-state index contributed by atoms with van der Waals surface area (Å²) >= 11 is 0. The number of aromatic nitrogens is 1. The molecule has 180 valence electrons. The van der Waals surface area contributed by atoms with E-state index in [4.69, 9.17) is 4.74 Å². The zero-order chi connectivity index (χ0) is 23.7. The second-order valence-electron chi connectivity index (χ2n) is 9.31. The van der Waals surface area contributed by atoms with E-state index >= 15 is 0 Å². The average molecular weight is 471 g/mol. The molecule has 34 heavy (non-hydrogen) atoms. The Kier molecular flexibility index (Phi) is 6.45. The number of benzene rings is 1. The van der Waals surface area contributed by atoms with Gasteiger partial charge < -0.3 is 15.0 Å². The largest absolute Gasteiger partial charge is 0.446 e. The number of nitrogens with one attached hydrogen (secondary N) is 1. The van der Waals surface area contributed by atoms with Crippen molar-refractivity contribution in [3.63, 3.8) is 0 Å². The van der Waals surface area contributed by atoms with Crippen LogP contribution in [0.25, 0.3) is 0 Å². The molecule has 1 N–H and O–H groups in total. The van der Waals surface area contributed by atoms with E-state index in [-0.39, 0.29) is 12.6 Å². The van der Waals surface area contributed by atoms with Crippen LogP contribution in [0.2, 0.25) is 0 Å². The van der Waals surface area contributed by atoms with Gasteiger partial charge in [0.1, 0.15) is 12.6 Å². The maximum atomic E-state index is 13.7. The zero-order valence-electron chi connectivity index (χ0n) is 18.8. The van der Waals surface area contributed by atoms with Crippen molar-refractivity contribution in [3.8, 4) is 0 Å². The van der Waals surface area contributed by atoms with Crippen molar-refractivity contribution in [3.05, 3.63) is 65.5 Å². The van der Waals surface area contributed by atoms with Gasteiger partial charge in [-0.1, -0.05) is 12.1 Å². The molecule has 3 fully saturated rings. The van der Waals surface area contributed by atoms with E-state index in [0.29, 0.717) is 17.5 Å². The number of hydrogen-bond acceptors (Lipinski definition) is 5. The monoisotopic (exact) mass is 470 g/mol. The quantitative estimate of drug-likeness (QED) is 0.719. The Hall–Kier alpha value is -3.07. The molecule has 1 aromatic heterocycles. The van der Waals surface area contributed by atoms with Gasteiger partial charge in [-0.2, -0.15) is 0 Å². The molecule has 2 aromatic rings. The summed E-state index contributed by atoms with van der Waals surface area (Å²) in [5.74, 6) is -1.52. The van der Waals surface area contributed by atoms with E-state index < -0.39 is 29.8 Å². The first-order valence-corrected chi connectivity index (χ1v) is 11.9. The zero-order valence-corrected chi connectivity index (χ0v) is 18.8. The Bertz CT molecular complexity index is 1050. The minimum absolute atomic E-state index is 0.0509. The van der Waals surface area contributed by atoms with Crippen LogP contribution in [-0.4, -0.2) is 58.7 Å². The third-order valence-electron chi connectivity index (χ3n) is 7.30. The lowest BCUT2D eigenvalue weighted by Gasteiger charge is -2.36. The Morgan fingerprint density at radius 3 is 2.62 bits per heavy atom. The van der Waals surface area contributed by atoms with Crippen LogP contribution in [0.1, 0.15) is 55.3 Å². The van der Waals surface area contributed by atoms with E-state index in [2.05, 4.69) is 21.3 Å². The summed E-state index contributed by atoms with van der Waals surface area (Å²) in [6.45, 7) is 1.92. The Labute approximate surface area is 197 Å². The van der Waals surface area contributed by atoms with E-state index in [9.17, 15) is 18.4 Å². The second-order valence-corrected chi connectivity index (χ2v) is 9.31. The Morgan fingerprint density at radius 1 is 1.06 bits per heavy atom. The van der Waals surface area contributed by atoms with Crippen molar-refractivity contribution >= 4 is 12.1 Å². The Balaban J connectivity index is 1.16. The lowest BCUT2D eigenvalue weighted by atomic mass is 9.92. The fourth-order valence-electron chi connectivity index (χ4n) is 5.45. The van der Waals surface area contributed by atoms with Gasteiger partial charge in [-0.15, -0.1) is 0 Å². The van der Waals surface area contributed by atoms with Crippen LogP contribution in [-0.2, 0) is 4.74 Å². The number of nitrogens with zero attached hydrogens (tertiary/aromatic N) is 3. The van der Waals surface area contributed by atoms with E-state index in [0.717, 1.165) is 67.9 Å². The summed E-state index contributed by atoms with van der Waals surface area (Å²) in [4.78, 5) is 33.2. The number of carbonyl (C=O) groups excluding carboxylic acids is 2. The molecule has 0 radical (unpaired) electrons. The molecule has 1 saturated carbocycles. The van der Waals surface area contributed by atoms with Gasteiger partial charge >= 0.3 is 12.1 Å². The van der Waals surface area contributed by atoms with E-state index in [1.54, 1.807) is 0 Å². The summed E-state index contributed by atoms with van der Waals surface area (Å²) in [5.41, 5.74) is 1.48. The van der Waals surface area contributed by atoms with Crippen LogP contribution in [0.3, 0.4) is 0 Å². The van der Waals surface area contributed by atoms with Crippen LogP contribution >= 0.6 is 0 Å². The molecular weight excluding hydrogens is 442 g/mol. The summed E-state index contributed by atoms with van der Waals surface area (Å²) in [6.07, 6.45) is 5.84. The number of ether oxygens (including phenoxy) is 1. The van der Waals surface area contributed by atoms with Crippen LogP contribution in [0.15, 0.2) is 42.6 Å². The lowest BCUT2D eigenvalue weighted by molar-refractivity contribution is 0.149. The molecule has 3 amide bonds. The molecule has 0 unspecified atom stereocenters. The van der Waals surface area contributed by atoms with Crippen molar-refractivity contribution < 1.29 is 23.1 Å². The molecule has 5 rings (SSSR count). The maximum absolute atomic E-state index is 13.7. The number of carbonyl (C=O) groups is 2. The van der Waals surface area contributed by atoms with Gasteiger partial charge in [0.2, 0.25) is 0 Å². The smallest absolute Gasteiger partial charge is 0.418 e. The van der Waals surface area contributed by atoms with Crippen molar-refractivity contribution in [2.75, 3.05) is 19.7 Å². The first kappa shape index (κ1) is 22.7. The molecule has 1 aromatic carbocycles. The van der Waals surface area contributed by atoms with Crippen molar-refractivity contribution in [1.29, 1.82) is 0 Å². The highest BCUT2D eigenvalue weighted by atomic mass is 19.2. The van der Waals surface area contributed by atoms with Crippen molar-refractivity contribution in [1.82, 2.24) is 20.1 Å². The average Bonchev–Trinajstić information content (AvgIpc) is 3.48. The predicted molar refractivity (Wildman–Crippen MR) is 120 cm³/mol. The molecule has 2 aliphatic heterocycles. The highest BCUT2D eigenvalue weighted by Crippen LogP contribution is 2.33. The van der Waals surface area contributed by atoms with Gasteiger partial charge in [-0.3, -0.25) is 4.98 Å². The first-order valence-electron chi connectivity index (χ1n) is 11.9. The highest BCUT2D eigenvalue weighted by Gasteiger charge is 2.41. The number of halogens is 2. The summed E-state index contributed by atoms with van der Waals surface area (Å²) in [5, 5.41) is 2.96. The maximum Gasteiger partial charge on any atom is 0.418 e. The number of urea groups is 1. The van der Waals surface area contributed by atoms with Gasteiger partial charge in [-0.05, 0) is 75.0 Å². The van der Waals surface area contributed by atoms with E-state index in [1.807, 2.05) is 18.3 Å². The van der Waals surface area contributed by atoms with Gasteiger partial charge in [0.15, 0.2) is 11.6 Å². The molecule has 1 aliphatic carbocycles. The third-order valence-corrected chi connectivity index (χ3v) is 7.30. The standard InChI is InChI=1S/C25H28F2N4O3/c26-20-7-4-17(13-21(20)27)23-15-34-25(33)31(23)24(32)29-18-5-6-19(14-18)30-11-8-16(9-12-30)22-3-1-2-10-28-22/h1-4,7,10,13,16,18-19,23H,5-6,8-9,11-12,14-15H2,(H,29,32)/t18-,19+,23+/m0/s1. The number of piperidine rings is 1. The minimum Gasteiger partial charge on any atom is -0.446 e. The Morgan fingerprint density at radius 2 is 1.88 bits per heavy atom. The van der Waals surface area contributed by atoms with Gasteiger partial charge in [0, 0.05) is 29.9 Å². The number of pyridine rings is 1. The summed E-state index contributed by atoms with van der Waals surface area (Å²) in [6, 6.07) is 8.42. The molecule has 3 aliphatic rings. The predicted octanol–water partition coefficient (Wildman–Crippen LogP) is 4.36. The van der Waals surface area contributed by atoms with Crippen molar-refractivity contribution in [2.45, 2.75) is 56.1 Å². The van der Waals surface area contributed by atoms with E-state index in [1.165, 1.54) is 6.07 Å². The topological polar surface area (TPSA) is 74.8 Å². The second kappa shape index (κ2) is 9.66. The SMILES string of the molecule is O=C(N[C@H]1CC[C@@H](N2CCC(c3ccccn3)CC2)C1)N1C(=O)OC[C@@H]1c1ccc(F)c(F)c1. The number of likely N-dealkylation sites (tertiary alicyclic amines) is 1.